The smallest absolute Gasteiger partial charge is 0.307 e. The Kier molecular flexibility index (Phi) is 4.16. The molecule has 1 heterocycles. The van der Waals surface area contributed by atoms with Gasteiger partial charge in [0.1, 0.15) is 0 Å². The molecule has 0 aromatic carbocycles. The number of carboxylic acids is 1. The van der Waals surface area contributed by atoms with Crippen molar-refractivity contribution in [3.63, 3.8) is 0 Å². The van der Waals surface area contributed by atoms with Crippen LogP contribution in [0.4, 0.5) is 5.82 Å². The zero-order valence-corrected chi connectivity index (χ0v) is 12.5. The second kappa shape index (κ2) is 5.71. The Labute approximate surface area is 123 Å². The lowest BCUT2D eigenvalue weighted by Gasteiger charge is -2.23. The number of carbonyl (C=O) groups is 2. The minimum absolute atomic E-state index is 0.0901. The van der Waals surface area contributed by atoms with Gasteiger partial charge in [-0.2, -0.15) is 5.10 Å². The molecule has 0 saturated heterocycles. The third-order valence-electron chi connectivity index (χ3n) is 3.72. The Balaban J connectivity index is 2.08. The van der Waals surface area contributed by atoms with E-state index in [4.69, 9.17) is 0 Å². The molecule has 114 valence electrons. The van der Waals surface area contributed by atoms with Crippen LogP contribution in [0.25, 0.3) is 0 Å². The summed E-state index contributed by atoms with van der Waals surface area (Å²) in [6.07, 6.45) is 4.50. The zero-order valence-electron chi connectivity index (χ0n) is 12.5. The lowest BCUT2D eigenvalue weighted by molar-refractivity contribution is -0.146. The van der Waals surface area contributed by atoms with Gasteiger partial charge in [0.15, 0.2) is 5.82 Å². The van der Waals surface area contributed by atoms with Crippen molar-refractivity contribution in [3.8, 4) is 0 Å². The van der Waals surface area contributed by atoms with Gasteiger partial charge in [-0.3, -0.25) is 14.7 Å². The molecule has 0 spiro atoms. The van der Waals surface area contributed by atoms with Gasteiger partial charge >= 0.3 is 5.97 Å². The van der Waals surface area contributed by atoms with Crippen molar-refractivity contribution < 1.29 is 14.7 Å². The summed E-state index contributed by atoms with van der Waals surface area (Å²) in [6, 6.07) is 1.78. The Morgan fingerprint density at radius 3 is 2.43 bits per heavy atom. The van der Waals surface area contributed by atoms with Gasteiger partial charge < -0.3 is 10.4 Å². The summed E-state index contributed by atoms with van der Waals surface area (Å²) in [5, 5.41) is 18.9. The van der Waals surface area contributed by atoms with E-state index in [2.05, 4.69) is 15.5 Å². The third-order valence-corrected chi connectivity index (χ3v) is 3.72. The highest BCUT2D eigenvalue weighted by Gasteiger charge is 2.34. The molecule has 6 nitrogen and oxygen atoms in total. The van der Waals surface area contributed by atoms with Gasteiger partial charge in [-0.05, 0) is 12.8 Å². The first kappa shape index (κ1) is 15.3. The Morgan fingerprint density at radius 1 is 1.29 bits per heavy atom. The molecule has 2 rings (SSSR count). The van der Waals surface area contributed by atoms with E-state index in [1.165, 1.54) is 0 Å². The van der Waals surface area contributed by atoms with Gasteiger partial charge in [-0.1, -0.05) is 32.9 Å². The van der Waals surface area contributed by atoms with Crippen molar-refractivity contribution in [2.75, 3.05) is 5.32 Å². The van der Waals surface area contributed by atoms with E-state index in [1.807, 2.05) is 32.9 Å². The molecule has 0 fully saturated rings. The summed E-state index contributed by atoms with van der Waals surface area (Å²) in [6.45, 7) is 6.12. The van der Waals surface area contributed by atoms with Crippen LogP contribution in [0.3, 0.4) is 0 Å². The zero-order chi connectivity index (χ0) is 15.6. The molecule has 0 unspecified atom stereocenters. The van der Waals surface area contributed by atoms with Gasteiger partial charge in [-0.25, -0.2) is 0 Å². The second-order valence-electron chi connectivity index (χ2n) is 6.40. The maximum Gasteiger partial charge on any atom is 0.307 e. The van der Waals surface area contributed by atoms with Gasteiger partial charge in [-0.15, -0.1) is 0 Å². The van der Waals surface area contributed by atoms with Crippen molar-refractivity contribution in [3.05, 3.63) is 23.9 Å². The predicted octanol–water partition coefficient (Wildman–Crippen LogP) is 2.31. The number of carbonyl (C=O) groups excluding carboxylic acids is 1. The first-order valence-corrected chi connectivity index (χ1v) is 7.03. The van der Waals surface area contributed by atoms with Crippen LogP contribution in [0.5, 0.6) is 0 Å². The van der Waals surface area contributed by atoms with E-state index in [-0.39, 0.29) is 11.3 Å². The van der Waals surface area contributed by atoms with Crippen LogP contribution in [0.15, 0.2) is 18.2 Å². The van der Waals surface area contributed by atoms with E-state index in [9.17, 15) is 14.7 Å². The van der Waals surface area contributed by atoms with Crippen LogP contribution in [-0.4, -0.2) is 27.2 Å². The highest BCUT2D eigenvalue weighted by molar-refractivity contribution is 5.94. The van der Waals surface area contributed by atoms with Crippen molar-refractivity contribution in [2.24, 2.45) is 11.8 Å². The minimum atomic E-state index is -0.933. The van der Waals surface area contributed by atoms with Crippen LogP contribution in [0.2, 0.25) is 0 Å². The lowest BCUT2D eigenvalue weighted by Crippen LogP contribution is -2.34. The Bertz CT molecular complexity index is 569. The number of nitrogens with one attached hydrogen (secondary N) is 2. The third kappa shape index (κ3) is 3.51. The van der Waals surface area contributed by atoms with Gasteiger partial charge in [0, 0.05) is 17.2 Å². The van der Waals surface area contributed by atoms with Gasteiger partial charge in [0.2, 0.25) is 5.91 Å². The van der Waals surface area contributed by atoms with E-state index in [0.29, 0.717) is 18.7 Å². The number of nitrogens with zero attached hydrogens (tertiary/aromatic N) is 1. The molecule has 21 heavy (non-hydrogen) atoms. The van der Waals surface area contributed by atoms with E-state index in [0.717, 1.165) is 5.69 Å². The fourth-order valence-corrected chi connectivity index (χ4v) is 2.37. The fourth-order valence-electron chi connectivity index (χ4n) is 2.37. The maximum atomic E-state index is 12.3. The Morgan fingerprint density at radius 2 is 1.90 bits per heavy atom. The number of amides is 1. The summed E-state index contributed by atoms with van der Waals surface area (Å²) in [4.78, 5) is 23.5. The van der Waals surface area contributed by atoms with Crippen LogP contribution in [0, 0.1) is 11.8 Å². The molecule has 0 radical (unpaired) electrons. The SMILES string of the molecule is CC(C)(C)c1cc(NC(=O)[C@@H]2CC=CC[C@@H]2C(=O)O)n[nH]1. The molecule has 3 N–H and O–H groups in total. The first-order valence-electron chi connectivity index (χ1n) is 7.03. The molecule has 1 aliphatic carbocycles. The summed E-state index contributed by atoms with van der Waals surface area (Å²) in [5.74, 6) is -2.02. The number of aromatic amines is 1. The first-order chi connectivity index (χ1) is 9.79. The van der Waals surface area contributed by atoms with Crippen molar-refractivity contribution >= 4 is 17.7 Å². The number of hydrogen-bond acceptors (Lipinski definition) is 3. The van der Waals surface area contributed by atoms with Crippen molar-refractivity contribution in [1.29, 1.82) is 0 Å². The summed E-state index contributed by atoms with van der Waals surface area (Å²) in [5.41, 5.74) is 0.823. The number of carboxylic acid groups (broad SMARTS) is 1. The molecule has 0 aliphatic heterocycles. The van der Waals surface area contributed by atoms with Crippen molar-refractivity contribution in [1.82, 2.24) is 10.2 Å². The number of hydrogen-bond donors (Lipinski definition) is 3. The number of rotatable bonds is 3. The molecular formula is C15H21N3O3. The largest absolute Gasteiger partial charge is 0.481 e. The molecule has 1 aromatic rings. The molecule has 1 aliphatic rings. The monoisotopic (exact) mass is 291 g/mol. The van der Waals surface area contributed by atoms with Crippen LogP contribution >= 0.6 is 0 Å². The normalized spacial score (nSPS) is 22.0. The average Bonchev–Trinajstić information content (AvgIpc) is 2.87. The quantitative estimate of drug-likeness (QED) is 0.745. The fraction of sp³-hybridized carbons (Fsp3) is 0.533. The van der Waals surface area contributed by atoms with Crippen LogP contribution < -0.4 is 5.32 Å². The summed E-state index contributed by atoms with van der Waals surface area (Å²) < 4.78 is 0. The van der Waals surface area contributed by atoms with E-state index >= 15 is 0 Å². The highest BCUT2D eigenvalue weighted by atomic mass is 16.4. The second-order valence-corrected chi connectivity index (χ2v) is 6.40. The van der Waals surface area contributed by atoms with E-state index in [1.54, 1.807) is 6.07 Å². The number of allylic oxidation sites excluding steroid dienone is 2. The predicted molar refractivity (Wildman–Crippen MR) is 78.9 cm³/mol. The molecule has 0 saturated carbocycles. The topological polar surface area (TPSA) is 95.1 Å². The van der Waals surface area contributed by atoms with Gasteiger partial charge in [0.25, 0.3) is 0 Å². The van der Waals surface area contributed by atoms with Gasteiger partial charge in [0.05, 0.1) is 11.8 Å². The number of H-pyrrole nitrogens is 1. The summed E-state index contributed by atoms with van der Waals surface area (Å²) in [7, 11) is 0. The number of aromatic nitrogens is 2. The maximum absolute atomic E-state index is 12.3. The number of anilines is 1. The van der Waals surface area contributed by atoms with Crippen LogP contribution in [0.1, 0.15) is 39.3 Å². The molecule has 1 amide bonds. The molecule has 2 atom stereocenters. The minimum Gasteiger partial charge on any atom is -0.481 e. The van der Waals surface area contributed by atoms with Crippen LogP contribution in [-0.2, 0) is 15.0 Å². The highest BCUT2D eigenvalue weighted by Crippen LogP contribution is 2.28. The summed E-state index contributed by atoms with van der Waals surface area (Å²) >= 11 is 0. The molecule has 6 heteroatoms. The average molecular weight is 291 g/mol. The Hall–Kier alpha value is -2.11. The standard InChI is InChI=1S/C15H21N3O3/c1-15(2,3)11-8-12(18-17-11)16-13(19)9-6-4-5-7-10(9)14(20)21/h4-5,8-10H,6-7H2,1-3H3,(H,20,21)(H2,16,17,18,19)/t9-,10+/m1/s1. The molecular weight excluding hydrogens is 270 g/mol. The van der Waals surface area contributed by atoms with Crippen molar-refractivity contribution in [2.45, 2.75) is 39.0 Å². The van der Waals surface area contributed by atoms with E-state index < -0.39 is 17.8 Å². The lowest BCUT2D eigenvalue weighted by atomic mass is 9.82. The molecule has 0 bridgehead atoms. The number of aliphatic carboxylic acids is 1. The molecule has 1 aromatic heterocycles.